The van der Waals surface area contributed by atoms with Gasteiger partial charge in [-0.15, -0.1) is 0 Å². The van der Waals surface area contributed by atoms with Crippen LogP contribution in [0.1, 0.15) is 56.9 Å². The van der Waals surface area contributed by atoms with E-state index in [0.29, 0.717) is 17.5 Å². The van der Waals surface area contributed by atoms with Gasteiger partial charge in [0.15, 0.2) is 5.78 Å². The third kappa shape index (κ3) is 3.14. The second-order valence-corrected chi connectivity index (χ2v) is 5.83. The molecule has 1 saturated heterocycles. The van der Waals surface area contributed by atoms with Crippen LogP contribution in [0.3, 0.4) is 0 Å². The molecular weight excluding hydrogens is 236 g/mol. The molecule has 0 bridgehead atoms. The smallest absolute Gasteiger partial charge is 0.180 e. The number of pyridine rings is 1. The Morgan fingerprint density at radius 3 is 2.47 bits per heavy atom. The van der Waals surface area contributed by atoms with E-state index in [4.69, 9.17) is 0 Å². The van der Waals surface area contributed by atoms with E-state index in [-0.39, 0.29) is 5.78 Å². The number of rotatable bonds is 4. The largest absolute Gasteiger partial charge is 0.370 e. The maximum Gasteiger partial charge on any atom is 0.180 e. The first kappa shape index (κ1) is 14.0. The van der Waals surface area contributed by atoms with E-state index in [9.17, 15) is 4.79 Å². The van der Waals surface area contributed by atoms with E-state index < -0.39 is 0 Å². The van der Waals surface area contributed by atoms with Crippen molar-refractivity contribution < 1.29 is 4.79 Å². The molecule has 1 aliphatic heterocycles. The van der Waals surface area contributed by atoms with Crippen molar-refractivity contribution in [2.24, 2.45) is 5.41 Å². The topological polar surface area (TPSA) is 33.2 Å². The number of piperidine rings is 1. The Morgan fingerprint density at radius 1 is 1.32 bits per heavy atom. The van der Waals surface area contributed by atoms with E-state index in [1.807, 2.05) is 25.3 Å². The van der Waals surface area contributed by atoms with Gasteiger partial charge in [0, 0.05) is 19.5 Å². The molecule has 3 nitrogen and oxygen atoms in total. The van der Waals surface area contributed by atoms with Gasteiger partial charge < -0.3 is 4.90 Å². The number of Topliss-reactive ketones (excluding diaryl/α,β-unsaturated/α-hetero) is 1. The molecule has 0 aromatic carbocycles. The van der Waals surface area contributed by atoms with Crippen molar-refractivity contribution in [2.75, 3.05) is 18.0 Å². The number of aromatic nitrogens is 1. The molecule has 1 aliphatic rings. The highest BCUT2D eigenvalue weighted by Gasteiger charge is 2.28. The van der Waals surface area contributed by atoms with Crippen molar-refractivity contribution in [2.45, 2.75) is 46.5 Å². The zero-order chi connectivity index (χ0) is 13.9. The molecule has 0 saturated carbocycles. The average Bonchev–Trinajstić information content (AvgIpc) is 2.47. The van der Waals surface area contributed by atoms with E-state index in [1.54, 1.807) is 0 Å². The van der Waals surface area contributed by atoms with Crippen molar-refractivity contribution in [3.05, 3.63) is 24.0 Å². The third-order valence-corrected chi connectivity index (χ3v) is 4.54. The Hall–Kier alpha value is -1.38. The number of carbonyl (C=O) groups excluding carboxylic acids is 1. The number of hydrogen-bond donors (Lipinski definition) is 0. The van der Waals surface area contributed by atoms with E-state index in [2.05, 4.69) is 23.7 Å². The van der Waals surface area contributed by atoms with Crippen LogP contribution in [-0.4, -0.2) is 23.9 Å². The molecular formula is C16H24N2O. The maximum absolute atomic E-state index is 11.5. The van der Waals surface area contributed by atoms with Crippen LogP contribution in [0.15, 0.2) is 18.3 Å². The first-order chi connectivity index (χ1) is 9.08. The van der Waals surface area contributed by atoms with Crippen LogP contribution in [0, 0.1) is 5.41 Å². The van der Waals surface area contributed by atoms with Crippen molar-refractivity contribution in [1.29, 1.82) is 0 Å². The molecule has 2 rings (SSSR count). The van der Waals surface area contributed by atoms with Gasteiger partial charge in [-0.3, -0.25) is 9.78 Å². The molecule has 1 aromatic rings. The Bertz CT molecular complexity index is 431. The molecule has 1 fully saturated rings. The minimum absolute atomic E-state index is 0.115. The zero-order valence-corrected chi connectivity index (χ0v) is 12.3. The lowest BCUT2D eigenvalue weighted by Crippen LogP contribution is -2.38. The first-order valence-electron chi connectivity index (χ1n) is 7.32. The fourth-order valence-electron chi connectivity index (χ4n) is 2.58. The van der Waals surface area contributed by atoms with Crippen molar-refractivity contribution >= 4 is 11.5 Å². The Kier molecular flexibility index (Phi) is 4.23. The molecule has 1 aromatic heterocycles. The molecule has 19 heavy (non-hydrogen) atoms. The Labute approximate surface area is 116 Å². The first-order valence-corrected chi connectivity index (χ1v) is 7.32. The normalized spacial score (nSPS) is 18.4. The Morgan fingerprint density at radius 2 is 2.00 bits per heavy atom. The van der Waals surface area contributed by atoms with Crippen LogP contribution in [0.2, 0.25) is 0 Å². The second-order valence-electron chi connectivity index (χ2n) is 5.83. The monoisotopic (exact) mass is 260 g/mol. The van der Waals surface area contributed by atoms with Crippen LogP contribution in [-0.2, 0) is 0 Å². The summed E-state index contributed by atoms with van der Waals surface area (Å²) in [5.74, 6) is 0.115. The van der Waals surface area contributed by atoms with Crippen molar-refractivity contribution in [1.82, 2.24) is 4.98 Å². The van der Waals surface area contributed by atoms with Gasteiger partial charge in [0.2, 0.25) is 0 Å². The van der Waals surface area contributed by atoms with Gasteiger partial charge in [-0.1, -0.05) is 27.2 Å². The summed E-state index contributed by atoms with van der Waals surface area (Å²) in [5.41, 5.74) is 2.23. The second kappa shape index (κ2) is 5.72. The molecule has 2 heterocycles. The highest BCUT2D eigenvalue weighted by molar-refractivity contribution is 5.94. The molecule has 0 aliphatic carbocycles. The maximum atomic E-state index is 11.5. The van der Waals surface area contributed by atoms with E-state index >= 15 is 0 Å². The van der Waals surface area contributed by atoms with Crippen LogP contribution < -0.4 is 4.90 Å². The van der Waals surface area contributed by atoms with Gasteiger partial charge in [-0.2, -0.15) is 0 Å². The van der Waals surface area contributed by atoms with Gasteiger partial charge in [0.1, 0.15) is 5.69 Å². The summed E-state index contributed by atoms with van der Waals surface area (Å²) in [6.07, 6.45) is 6.09. The molecule has 0 radical (unpaired) electrons. The molecule has 0 unspecified atom stereocenters. The SMILES string of the molecule is CCC(=O)c1ccc(N2CCC(C)(CC)CC2)cn1. The molecule has 0 N–H and O–H groups in total. The summed E-state index contributed by atoms with van der Waals surface area (Å²) in [7, 11) is 0. The molecule has 104 valence electrons. The minimum Gasteiger partial charge on any atom is -0.370 e. The van der Waals surface area contributed by atoms with E-state index in [1.165, 1.54) is 19.3 Å². The van der Waals surface area contributed by atoms with Gasteiger partial charge in [-0.25, -0.2) is 0 Å². The standard InChI is InChI=1S/C16H24N2O/c1-4-15(19)14-7-6-13(12-17-14)18-10-8-16(3,5-2)9-11-18/h6-7,12H,4-5,8-11H2,1-3H3. The number of ketones is 1. The number of nitrogens with zero attached hydrogens (tertiary/aromatic N) is 2. The quantitative estimate of drug-likeness (QED) is 0.774. The summed E-state index contributed by atoms with van der Waals surface area (Å²) >= 11 is 0. The van der Waals surface area contributed by atoms with Gasteiger partial charge in [0.05, 0.1) is 11.9 Å². The fraction of sp³-hybridized carbons (Fsp3) is 0.625. The fourth-order valence-corrected chi connectivity index (χ4v) is 2.58. The summed E-state index contributed by atoms with van der Waals surface area (Å²) < 4.78 is 0. The lowest BCUT2D eigenvalue weighted by Gasteiger charge is -2.39. The van der Waals surface area contributed by atoms with Gasteiger partial charge >= 0.3 is 0 Å². The third-order valence-electron chi connectivity index (χ3n) is 4.54. The number of hydrogen-bond acceptors (Lipinski definition) is 3. The van der Waals surface area contributed by atoms with Crippen LogP contribution in [0.25, 0.3) is 0 Å². The molecule has 3 heteroatoms. The molecule has 0 amide bonds. The average molecular weight is 260 g/mol. The van der Waals surface area contributed by atoms with E-state index in [0.717, 1.165) is 18.8 Å². The number of anilines is 1. The lowest BCUT2D eigenvalue weighted by atomic mass is 9.78. The predicted octanol–water partition coefficient (Wildman–Crippen LogP) is 3.69. The highest BCUT2D eigenvalue weighted by atomic mass is 16.1. The van der Waals surface area contributed by atoms with Gasteiger partial charge in [-0.05, 0) is 30.4 Å². The summed E-state index contributed by atoms with van der Waals surface area (Å²) in [6.45, 7) is 8.71. The highest BCUT2D eigenvalue weighted by Crippen LogP contribution is 2.35. The molecule has 0 spiro atoms. The zero-order valence-electron chi connectivity index (χ0n) is 12.3. The summed E-state index contributed by atoms with van der Waals surface area (Å²) in [6, 6.07) is 3.89. The summed E-state index contributed by atoms with van der Waals surface area (Å²) in [4.78, 5) is 18.2. The number of carbonyl (C=O) groups is 1. The Balaban J connectivity index is 2.02. The minimum atomic E-state index is 0.115. The predicted molar refractivity (Wildman–Crippen MR) is 78.7 cm³/mol. The molecule has 0 atom stereocenters. The summed E-state index contributed by atoms with van der Waals surface area (Å²) in [5, 5.41) is 0. The van der Waals surface area contributed by atoms with Crippen LogP contribution in [0.5, 0.6) is 0 Å². The van der Waals surface area contributed by atoms with Crippen LogP contribution in [0.4, 0.5) is 5.69 Å². The van der Waals surface area contributed by atoms with Crippen molar-refractivity contribution in [3.8, 4) is 0 Å². The lowest BCUT2D eigenvalue weighted by molar-refractivity contribution is 0.0983. The van der Waals surface area contributed by atoms with Crippen molar-refractivity contribution in [3.63, 3.8) is 0 Å². The van der Waals surface area contributed by atoms with Gasteiger partial charge in [0.25, 0.3) is 0 Å². The van der Waals surface area contributed by atoms with Crippen LogP contribution >= 0.6 is 0 Å².